The molecule has 9 heteroatoms. The molecule has 0 saturated heterocycles. The van der Waals surface area contributed by atoms with Gasteiger partial charge in [-0.05, 0) is 24.3 Å². The fraction of sp³-hybridized carbons (Fsp3) is 0.118. The maximum Gasteiger partial charge on any atom is 0.259 e. The van der Waals surface area contributed by atoms with Crippen molar-refractivity contribution in [3.05, 3.63) is 57.6 Å². The molecule has 1 aliphatic heterocycles. The van der Waals surface area contributed by atoms with E-state index in [0.717, 1.165) is 0 Å². The normalized spacial score (nSPS) is 12.2. The van der Waals surface area contributed by atoms with Gasteiger partial charge in [-0.2, -0.15) is 5.10 Å². The minimum absolute atomic E-state index is 0.122. The molecule has 0 aromatic heterocycles. The van der Waals surface area contributed by atoms with Gasteiger partial charge < -0.3 is 14.8 Å². The lowest BCUT2D eigenvalue weighted by atomic mass is 10.2. The van der Waals surface area contributed by atoms with Crippen LogP contribution in [0.3, 0.4) is 0 Å². The van der Waals surface area contributed by atoms with Gasteiger partial charge in [0.05, 0.1) is 22.8 Å². The predicted octanol–water partition coefficient (Wildman–Crippen LogP) is 2.60. The van der Waals surface area contributed by atoms with Gasteiger partial charge in [0.2, 0.25) is 6.79 Å². The van der Waals surface area contributed by atoms with Gasteiger partial charge in [0.15, 0.2) is 11.5 Å². The summed E-state index contributed by atoms with van der Waals surface area (Å²) in [5.41, 5.74) is 3.21. The fourth-order valence-electron chi connectivity index (χ4n) is 2.13. The highest BCUT2D eigenvalue weighted by atomic mass is 35.5. The number of hydrogen-bond acceptors (Lipinski definition) is 5. The average Bonchev–Trinajstić information content (AvgIpc) is 3.11. The van der Waals surface area contributed by atoms with Crippen molar-refractivity contribution in [1.82, 2.24) is 10.7 Å². The summed E-state index contributed by atoms with van der Waals surface area (Å²) >= 11 is 11.9. The summed E-state index contributed by atoms with van der Waals surface area (Å²) in [6.45, 7) is -0.120. The lowest BCUT2D eigenvalue weighted by molar-refractivity contribution is -0.120. The van der Waals surface area contributed by atoms with Crippen molar-refractivity contribution < 1.29 is 19.1 Å². The number of hydrazone groups is 1. The summed E-state index contributed by atoms with van der Waals surface area (Å²) in [5.74, 6) is 0.159. The lowest BCUT2D eigenvalue weighted by Crippen LogP contribution is -2.34. The molecule has 2 N–H and O–H groups in total. The van der Waals surface area contributed by atoms with Gasteiger partial charge in [-0.15, -0.1) is 0 Å². The van der Waals surface area contributed by atoms with Crippen LogP contribution in [0.4, 0.5) is 0 Å². The molecule has 0 aliphatic carbocycles. The first kappa shape index (κ1) is 18.0. The summed E-state index contributed by atoms with van der Waals surface area (Å²) in [6.07, 6.45) is 1.37. The summed E-state index contributed by atoms with van der Waals surface area (Å²) in [7, 11) is 0. The fourth-order valence-corrected chi connectivity index (χ4v) is 2.49. The topological polar surface area (TPSA) is 89.0 Å². The first-order chi connectivity index (χ1) is 12.5. The number of nitrogens with zero attached hydrogens (tertiary/aromatic N) is 1. The first-order valence-electron chi connectivity index (χ1n) is 7.48. The molecule has 2 amide bonds. The van der Waals surface area contributed by atoms with Crippen LogP contribution in [-0.2, 0) is 4.79 Å². The van der Waals surface area contributed by atoms with Crippen LogP contribution in [0.1, 0.15) is 15.9 Å². The highest BCUT2D eigenvalue weighted by molar-refractivity contribution is 6.43. The third-order valence-electron chi connectivity index (χ3n) is 3.42. The van der Waals surface area contributed by atoms with Crippen molar-refractivity contribution in [3.63, 3.8) is 0 Å². The number of carbonyl (C=O) groups excluding carboxylic acids is 2. The minimum atomic E-state index is -0.492. The molecule has 0 bridgehead atoms. The molecule has 2 aromatic carbocycles. The molecule has 2 aromatic rings. The number of rotatable bonds is 5. The van der Waals surface area contributed by atoms with Gasteiger partial charge in [0.25, 0.3) is 11.8 Å². The Kier molecular flexibility index (Phi) is 5.60. The zero-order valence-corrected chi connectivity index (χ0v) is 14.8. The Morgan fingerprint density at radius 3 is 2.81 bits per heavy atom. The van der Waals surface area contributed by atoms with E-state index < -0.39 is 11.8 Å². The van der Waals surface area contributed by atoms with Crippen molar-refractivity contribution >= 4 is 41.2 Å². The van der Waals surface area contributed by atoms with Gasteiger partial charge in [0.1, 0.15) is 0 Å². The number of benzene rings is 2. The van der Waals surface area contributed by atoms with Crippen molar-refractivity contribution in [2.24, 2.45) is 5.10 Å². The monoisotopic (exact) mass is 393 g/mol. The maximum absolute atomic E-state index is 12.1. The Bertz CT molecular complexity index is 886. The Hall–Kier alpha value is -2.77. The van der Waals surface area contributed by atoms with E-state index in [9.17, 15) is 9.59 Å². The van der Waals surface area contributed by atoms with E-state index in [1.807, 2.05) is 0 Å². The number of halogens is 2. The molecule has 134 valence electrons. The van der Waals surface area contributed by atoms with Crippen LogP contribution >= 0.6 is 23.2 Å². The summed E-state index contributed by atoms with van der Waals surface area (Å²) in [5, 5.41) is 7.00. The molecule has 0 atom stereocenters. The van der Waals surface area contributed by atoms with E-state index in [1.54, 1.807) is 36.4 Å². The second-order valence-corrected chi connectivity index (χ2v) is 5.97. The second kappa shape index (κ2) is 8.07. The van der Waals surface area contributed by atoms with Crippen LogP contribution in [0.5, 0.6) is 11.5 Å². The Balaban J connectivity index is 1.50. The van der Waals surface area contributed by atoms with Crippen LogP contribution in [0.15, 0.2) is 41.5 Å². The lowest BCUT2D eigenvalue weighted by Gasteiger charge is -2.05. The maximum atomic E-state index is 12.1. The molecule has 26 heavy (non-hydrogen) atoms. The van der Waals surface area contributed by atoms with E-state index >= 15 is 0 Å². The van der Waals surface area contributed by atoms with Gasteiger partial charge in [-0.3, -0.25) is 9.59 Å². The number of hydrogen-bond donors (Lipinski definition) is 2. The van der Waals surface area contributed by atoms with E-state index in [2.05, 4.69) is 15.8 Å². The minimum Gasteiger partial charge on any atom is -0.454 e. The molecule has 1 aliphatic rings. The van der Waals surface area contributed by atoms with Crippen molar-refractivity contribution in [1.29, 1.82) is 0 Å². The van der Waals surface area contributed by atoms with Gasteiger partial charge in [-0.25, -0.2) is 5.43 Å². The zero-order valence-electron chi connectivity index (χ0n) is 13.3. The number of nitrogens with one attached hydrogen (secondary N) is 2. The van der Waals surface area contributed by atoms with Crippen LogP contribution in [0.2, 0.25) is 10.0 Å². The number of carbonyl (C=O) groups is 2. The molecule has 0 spiro atoms. The quantitative estimate of drug-likeness (QED) is 0.603. The third kappa shape index (κ3) is 4.25. The molecule has 3 rings (SSSR count). The van der Waals surface area contributed by atoms with E-state index in [0.29, 0.717) is 32.7 Å². The van der Waals surface area contributed by atoms with Crippen LogP contribution in [0.25, 0.3) is 0 Å². The summed E-state index contributed by atoms with van der Waals surface area (Å²) in [6, 6.07) is 9.82. The summed E-state index contributed by atoms with van der Waals surface area (Å²) < 4.78 is 10.4. The highest BCUT2D eigenvalue weighted by Crippen LogP contribution is 2.32. The first-order valence-corrected chi connectivity index (χ1v) is 8.24. The molecular formula is C17H13Cl2N3O4. The van der Waals surface area contributed by atoms with E-state index in [-0.39, 0.29) is 13.3 Å². The molecular weight excluding hydrogens is 381 g/mol. The largest absolute Gasteiger partial charge is 0.454 e. The molecule has 7 nitrogen and oxygen atoms in total. The number of ether oxygens (including phenoxy) is 2. The standard InChI is InChI=1S/C17H13Cl2N3O4/c18-12-3-1-2-11(16(12)19)7-21-22-15(23)8-20-17(24)10-4-5-13-14(6-10)26-9-25-13/h1-7H,8-9H2,(H,20,24)(H,22,23). The Morgan fingerprint density at radius 2 is 1.96 bits per heavy atom. The summed E-state index contributed by atoms with van der Waals surface area (Å²) in [4.78, 5) is 23.8. The van der Waals surface area contributed by atoms with Crippen molar-refractivity contribution in [2.45, 2.75) is 0 Å². The molecule has 0 radical (unpaired) electrons. The Morgan fingerprint density at radius 1 is 1.15 bits per heavy atom. The van der Waals surface area contributed by atoms with Gasteiger partial charge >= 0.3 is 0 Å². The highest BCUT2D eigenvalue weighted by Gasteiger charge is 2.16. The molecule has 0 fully saturated rings. The predicted molar refractivity (Wildman–Crippen MR) is 97.1 cm³/mol. The van der Waals surface area contributed by atoms with Crippen molar-refractivity contribution in [3.8, 4) is 11.5 Å². The van der Waals surface area contributed by atoms with E-state index in [1.165, 1.54) is 6.21 Å². The third-order valence-corrected chi connectivity index (χ3v) is 4.25. The average molecular weight is 394 g/mol. The SMILES string of the molecule is O=C(CNC(=O)c1ccc2c(c1)OCO2)NN=Cc1cccc(Cl)c1Cl. The number of amides is 2. The zero-order chi connectivity index (χ0) is 18.5. The smallest absolute Gasteiger partial charge is 0.259 e. The van der Waals surface area contributed by atoms with Crippen molar-refractivity contribution in [2.75, 3.05) is 13.3 Å². The van der Waals surface area contributed by atoms with E-state index in [4.69, 9.17) is 32.7 Å². The number of fused-ring (bicyclic) bond motifs is 1. The van der Waals surface area contributed by atoms with Crippen LogP contribution in [-0.4, -0.2) is 31.4 Å². The molecule has 0 unspecified atom stereocenters. The van der Waals surface area contributed by atoms with Gasteiger partial charge in [-0.1, -0.05) is 35.3 Å². The van der Waals surface area contributed by atoms with Crippen LogP contribution in [0, 0.1) is 0 Å². The Labute approximate surface area is 158 Å². The second-order valence-electron chi connectivity index (χ2n) is 5.19. The molecule has 0 saturated carbocycles. The van der Waals surface area contributed by atoms with Gasteiger partial charge in [0, 0.05) is 11.1 Å². The molecule has 1 heterocycles. The van der Waals surface area contributed by atoms with Crippen LogP contribution < -0.4 is 20.2 Å².